The molecule has 0 aliphatic heterocycles. The SMILES string of the molecule is C=CCC(C)(Cl)CO.N. The van der Waals surface area contributed by atoms with Crippen molar-refractivity contribution in [3.8, 4) is 0 Å². The van der Waals surface area contributed by atoms with Crippen molar-refractivity contribution in [1.29, 1.82) is 0 Å². The van der Waals surface area contributed by atoms with Gasteiger partial charge in [-0.05, 0) is 13.3 Å². The number of aliphatic hydroxyl groups is 1. The van der Waals surface area contributed by atoms with Crippen LogP contribution in [0.4, 0.5) is 0 Å². The van der Waals surface area contributed by atoms with Gasteiger partial charge in [-0.15, -0.1) is 18.2 Å². The molecule has 0 saturated carbocycles. The first kappa shape index (κ1) is 11.7. The number of halogens is 1. The maximum atomic E-state index is 8.55. The molecule has 0 heterocycles. The molecule has 0 fully saturated rings. The van der Waals surface area contributed by atoms with Gasteiger partial charge in [0.25, 0.3) is 0 Å². The molecule has 1 unspecified atom stereocenters. The Labute approximate surface area is 61.1 Å². The van der Waals surface area contributed by atoms with E-state index in [-0.39, 0.29) is 12.8 Å². The van der Waals surface area contributed by atoms with E-state index in [0.29, 0.717) is 6.42 Å². The first-order valence-electron chi connectivity index (χ1n) is 2.53. The van der Waals surface area contributed by atoms with Gasteiger partial charge in [0.1, 0.15) is 0 Å². The first-order chi connectivity index (χ1) is 3.62. The van der Waals surface area contributed by atoms with E-state index < -0.39 is 4.87 Å². The summed E-state index contributed by atoms with van der Waals surface area (Å²) in [4.78, 5) is -0.498. The van der Waals surface area contributed by atoms with Crippen molar-refractivity contribution >= 4 is 11.6 Å². The maximum absolute atomic E-state index is 8.55. The summed E-state index contributed by atoms with van der Waals surface area (Å²) in [7, 11) is 0. The van der Waals surface area contributed by atoms with Crippen LogP contribution in [0.1, 0.15) is 13.3 Å². The molecule has 0 rings (SSSR count). The first-order valence-corrected chi connectivity index (χ1v) is 2.91. The van der Waals surface area contributed by atoms with E-state index in [1.807, 2.05) is 0 Å². The van der Waals surface area contributed by atoms with Crippen molar-refractivity contribution in [2.45, 2.75) is 18.2 Å². The highest BCUT2D eigenvalue weighted by Gasteiger charge is 2.16. The van der Waals surface area contributed by atoms with Crippen molar-refractivity contribution in [1.82, 2.24) is 6.15 Å². The summed E-state index contributed by atoms with van der Waals surface area (Å²) in [6.45, 7) is 5.27. The molecule has 0 saturated heterocycles. The summed E-state index contributed by atoms with van der Waals surface area (Å²) in [6, 6.07) is 0. The van der Waals surface area contributed by atoms with Crippen LogP contribution in [-0.4, -0.2) is 16.6 Å². The summed E-state index contributed by atoms with van der Waals surface area (Å²) in [6.07, 6.45) is 2.34. The molecule has 0 spiro atoms. The second-order valence-electron chi connectivity index (χ2n) is 2.06. The third kappa shape index (κ3) is 5.83. The van der Waals surface area contributed by atoms with Crippen LogP contribution >= 0.6 is 11.6 Å². The van der Waals surface area contributed by atoms with Crippen LogP contribution in [0.15, 0.2) is 12.7 Å². The average molecular weight is 152 g/mol. The number of hydrogen-bond acceptors (Lipinski definition) is 2. The molecule has 0 aliphatic carbocycles. The minimum atomic E-state index is -0.498. The number of hydrogen-bond donors (Lipinski definition) is 2. The number of aliphatic hydroxyl groups excluding tert-OH is 1. The van der Waals surface area contributed by atoms with Crippen molar-refractivity contribution < 1.29 is 5.11 Å². The molecule has 0 aliphatic rings. The molecule has 4 N–H and O–H groups in total. The molecule has 2 nitrogen and oxygen atoms in total. The molecule has 0 aromatic carbocycles. The molecule has 0 aromatic heterocycles. The monoisotopic (exact) mass is 151 g/mol. The van der Waals surface area contributed by atoms with Gasteiger partial charge in [0.15, 0.2) is 0 Å². The van der Waals surface area contributed by atoms with E-state index in [9.17, 15) is 0 Å². The van der Waals surface area contributed by atoms with E-state index in [2.05, 4.69) is 6.58 Å². The molecule has 0 radical (unpaired) electrons. The smallest absolute Gasteiger partial charge is 0.0682 e. The molecule has 9 heavy (non-hydrogen) atoms. The summed E-state index contributed by atoms with van der Waals surface area (Å²) >= 11 is 5.70. The molecular formula is C6H14ClNO. The van der Waals surface area contributed by atoms with Crippen molar-refractivity contribution in [3.05, 3.63) is 12.7 Å². The van der Waals surface area contributed by atoms with Crippen LogP contribution in [0.5, 0.6) is 0 Å². The zero-order chi connectivity index (χ0) is 6.62. The molecule has 1 atom stereocenters. The lowest BCUT2D eigenvalue weighted by atomic mass is 10.1. The van der Waals surface area contributed by atoms with E-state index >= 15 is 0 Å². The van der Waals surface area contributed by atoms with E-state index in [4.69, 9.17) is 16.7 Å². The number of rotatable bonds is 3. The Kier molecular flexibility index (Phi) is 6.24. The maximum Gasteiger partial charge on any atom is 0.0682 e. The molecule has 0 bridgehead atoms. The van der Waals surface area contributed by atoms with Gasteiger partial charge in [0.05, 0.1) is 11.5 Å². The number of allylic oxidation sites excluding steroid dienone is 1. The van der Waals surface area contributed by atoms with Crippen molar-refractivity contribution in [3.63, 3.8) is 0 Å². The van der Waals surface area contributed by atoms with Gasteiger partial charge in [-0.25, -0.2) is 0 Å². The topological polar surface area (TPSA) is 55.2 Å². The van der Waals surface area contributed by atoms with Crippen LogP contribution in [0, 0.1) is 0 Å². The normalized spacial score (nSPS) is 15.4. The average Bonchev–Trinajstić information content (AvgIpc) is 1.67. The lowest BCUT2D eigenvalue weighted by Gasteiger charge is -2.14. The second kappa shape index (κ2) is 4.79. The Morgan fingerprint density at radius 3 is 2.33 bits per heavy atom. The Morgan fingerprint density at radius 1 is 1.78 bits per heavy atom. The van der Waals surface area contributed by atoms with Crippen LogP contribution in [0.3, 0.4) is 0 Å². The van der Waals surface area contributed by atoms with Crippen LogP contribution < -0.4 is 6.15 Å². The fraction of sp³-hybridized carbons (Fsp3) is 0.667. The lowest BCUT2D eigenvalue weighted by Crippen LogP contribution is -2.19. The summed E-state index contributed by atoms with van der Waals surface area (Å²) < 4.78 is 0. The Morgan fingerprint density at radius 2 is 2.22 bits per heavy atom. The van der Waals surface area contributed by atoms with E-state index in [1.165, 1.54) is 0 Å². The Bertz CT molecular complexity index is 83.1. The van der Waals surface area contributed by atoms with Crippen molar-refractivity contribution in [2.75, 3.05) is 6.61 Å². The molecule has 56 valence electrons. The standard InChI is InChI=1S/C6H11ClO.H3N/c1-3-4-6(2,7)5-8;/h3,8H,1,4-5H2,2H3;1H3. The zero-order valence-corrected chi connectivity index (χ0v) is 6.49. The summed E-state index contributed by atoms with van der Waals surface area (Å²) in [5.74, 6) is 0. The predicted octanol–water partition coefficient (Wildman–Crippen LogP) is 1.71. The molecular weight excluding hydrogens is 138 g/mol. The van der Waals surface area contributed by atoms with Gasteiger partial charge in [0.2, 0.25) is 0 Å². The van der Waals surface area contributed by atoms with E-state index in [1.54, 1.807) is 13.0 Å². The van der Waals surface area contributed by atoms with Gasteiger partial charge in [-0.2, -0.15) is 0 Å². The highest BCUT2D eigenvalue weighted by Crippen LogP contribution is 2.17. The quantitative estimate of drug-likeness (QED) is 0.477. The minimum Gasteiger partial charge on any atom is -0.395 e. The lowest BCUT2D eigenvalue weighted by molar-refractivity contribution is 0.253. The largest absolute Gasteiger partial charge is 0.395 e. The molecule has 3 heteroatoms. The zero-order valence-electron chi connectivity index (χ0n) is 5.73. The molecule has 0 aromatic rings. The summed E-state index contributed by atoms with van der Waals surface area (Å²) in [5, 5.41) is 8.55. The third-order valence-electron chi connectivity index (χ3n) is 0.900. The highest BCUT2D eigenvalue weighted by molar-refractivity contribution is 6.23. The van der Waals surface area contributed by atoms with Crippen LogP contribution in [0.2, 0.25) is 0 Å². The predicted molar refractivity (Wildman–Crippen MR) is 41.2 cm³/mol. The van der Waals surface area contributed by atoms with Gasteiger partial charge in [-0.1, -0.05) is 6.08 Å². The van der Waals surface area contributed by atoms with Gasteiger partial charge < -0.3 is 11.3 Å². The fourth-order valence-corrected chi connectivity index (χ4v) is 0.475. The highest BCUT2D eigenvalue weighted by atomic mass is 35.5. The Balaban J connectivity index is 0. The van der Waals surface area contributed by atoms with Gasteiger partial charge >= 0.3 is 0 Å². The van der Waals surface area contributed by atoms with E-state index in [0.717, 1.165) is 0 Å². The van der Waals surface area contributed by atoms with Gasteiger partial charge in [-0.3, -0.25) is 0 Å². The third-order valence-corrected chi connectivity index (χ3v) is 1.17. The molecule has 0 amide bonds. The second-order valence-corrected chi connectivity index (χ2v) is 2.98. The fourth-order valence-electron chi connectivity index (χ4n) is 0.366. The summed E-state index contributed by atoms with van der Waals surface area (Å²) in [5.41, 5.74) is 0. The van der Waals surface area contributed by atoms with Crippen molar-refractivity contribution in [2.24, 2.45) is 0 Å². The van der Waals surface area contributed by atoms with Crippen LogP contribution in [0.25, 0.3) is 0 Å². The minimum absolute atomic E-state index is 0. The van der Waals surface area contributed by atoms with Crippen LogP contribution in [-0.2, 0) is 0 Å². The number of alkyl halides is 1. The Hall–Kier alpha value is -0.0500. The van der Waals surface area contributed by atoms with Gasteiger partial charge in [0, 0.05) is 0 Å².